The summed E-state index contributed by atoms with van der Waals surface area (Å²) in [6.45, 7) is 8.36. The van der Waals surface area contributed by atoms with E-state index in [0.29, 0.717) is 0 Å². The van der Waals surface area contributed by atoms with Crippen LogP contribution in [-0.4, -0.2) is 5.78 Å². The second kappa shape index (κ2) is 8.73. The smallest absolute Gasteiger partial charge is 0.162 e. The van der Waals surface area contributed by atoms with Gasteiger partial charge in [-0.1, -0.05) is 41.0 Å². The number of carbonyl (C=O) groups excluding carboxylic acids is 1. The van der Waals surface area contributed by atoms with Gasteiger partial charge in [-0.05, 0) is 65.9 Å². The maximum absolute atomic E-state index is 12.3. The molecule has 0 aromatic rings. The molecule has 0 radical (unpaired) electrons. The number of ketones is 1. The van der Waals surface area contributed by atoms with E-state index in [9.17, 15) is 4.79 Å². The van der Waals surface area contributed by atoms with E-state index in [-0.39, 0.29) is 11.7 Å². The molecule has 1 atom stereocenters. The van der Waals surface area contributed by atoms with Crippen molar-refractivity contribution in [2.75, 3.05) is 0 Å². The third-order valence-electron chi connectivity index (χ3n) is 3.91. The first-order valence-corrected chi connectivity index (χ1v) is 7.69. The van der Waals surface area contributed by atoms with E-state index in [1.54, 1.807) is 6.08 Å². The first-order chi connectivity index (χ1) is 9.54. The van der Waals surface area contributed by atoms with Gasteiger partial charge in [0.25, 0.3) is 0 Å². The number of carbonyl (C=O) groups is 1. The predicted molar refractivity (Wildman–Crippen MR) is 87.7 cm³/mol. The molecule has 20 heavy (non-hydrogen) atoms. The maximum Gasteiger partial charge on any atom is 0.162 e. The number of hydrogen-bond acceptors (Lipinski definition) is 1. The summed E-state index contributed by atoms with van der Waals surface area (Å²) < 4.78 is 0. The van der Waals surface area contributed by atoms with Gasteiger partial charge in [-0.3, -0.25) is 4.79 Å². The lowest BCUT2D eigenvalue weighted by Crippen LogP contribution is -2.14. The van der Waals surface area contributed by atoms with E-state index in [4.69, 9.17) is 0 Å². The molecule has 0 saturated carbocycles. The molecule has 0 unspecified atom stereocenters. The summed E-state index contributed by atoms with van der Waals surface area (Å²) in [6.07, 6.45) is 15.6. The van der Waals surface area contributed by atoms with Crippen molar-refractivity contribution in [2.24, 2.45) is 5.92 Å². The average molecular weight is 272 g/mol. The van der Waals surface area contributed by atoms with E-state index in [2.05, 4.69) is 39.0 Å². The van der Waals surface area contributed by atoms with E-state index in [1.165, 1.54) is 16.7 Å². The van der Waals surface area contributed by atoms with Gasteiger partial charge in [0.2, 0.25) is 0 Å². The van der Waals surface area contributed by atoms with Crippen LogP contribution in [0.5, 0.6) is 0 Å². The Morgan fingerprint density at radius 1 is 1.05 bits per heavy atom. The van der Waals surface area contributed by atoms with Crippen LogP contribution in [0, 0.1) is 5.92 Å². The van der Waals surface area contributed by atoms with Crippen LogP contribution in [0.4, 0.5) is 0 Å². The molecular formula is C19H28O. The molecule has 0 bridgehead atoms. The van der Waals surface area contributed by atoms with Crippen LogP contribution in [0.1, 0.15) is 59.8 Å². The second-order valence-electron chi connectivity index (χ2n) is 5.82. The molecule has 0 aromatic carbocycles. The molecule has 0 spiro atoms. The van der Waals surface area contributed by atoms with Gasteiger partial charge in [-0.15, -0.1) is 0 Å². The van der Waals surface area contributed by atoms with Crippen LogP contribution >= 0.6 is 0 Å². The summed E-state index contributed by atoms with van der Waals surface area (Å²) in [5.74, 6) is 0.254. The van der Waals surface area contributed by atoms with Crippen LogP contribution in [-0.2, 0) is 4.79 Å². The first kappa shape index (κ1) is 16.7. The molecule has 1 rings (SSSR count). The molecule has 110 valence electrons. The van der Waals surface area contributed by atoms with Crippen molar-refractivity contribution < 1.29 is 4.79 Å². The van der Waals surface area contributed by atoms with Gasteiger partial charge in [0.15, 0.2) is 5.78 Å². The Balaban J connectivity index is 2.97. The van der Waals surface area contributed by atoms with Crippen molar-refractivity contribution in [3.8, 4) is 0 Å². The van der Waals surface area contributed by atoms with Crippen molar-refractivity contribution in [1.29, 1.82) is 0 Å². The van der Waals surface area contributed by atoms with Crippen molar-refractivity contribution in [3.63, 3.8) is 0 Å². The minimum absolute atomic E-state index is 0.0203. The average Bonchev–Trinajstić information content (AvgIpc) is 2.39. The van der Waals surface area contributed by atoms with E-state index in [1.807, 2.05) is 13.0 Å². The van der Waals surface area contributed by atoms with Gasteiger partial charge >= 0.3 is 0 Å². The molecule has 0 saturated heterocycles. The Kier molecular flexibility index (Phi) is 7.28. The van der Waals surface area contributed by atoms with Gasteiger partial charge in [0.05, 0.1) is 0 Å². The Morgan fingerprint density at radius 2 is 1.70 bits per heavy atom. The third-order valence-corrected chi connectivity index (χ3v) is 3.91. The summed E-state index contributed by atoms with van der Waals surface area (Å²) in [7, 11) is 0. The summed E-state index contributed by atoms with van der Waals surface area (Å²) in [4.78, 5) is 12.3. The van der Waals surface area contributed by atoms with Gasteiger partial charge in [-0.2, -0.15) is 0 Å². The Labute approximate surface area is 124 Å². The van der Waals surface area contributed by atoms with Crippen molar-refractivity contribution in [3.05, 3.63) is 47.1 Å². The highest BCUT2D eigenvalue weighted by atomic mass is 16.1. The molecule has 0 amide bonds. The fourth-order valence-corrected chi connectivity index (χ4v) is 2.60. The highest BCUT2D eigenvalue weighted by Crippen LogP contribution is 2.24. The van der Waals surface area contributed by atoms with E-state index in [0.717, 1.165) is 32.1 Å². The number of allylic oxidation sites excluding steroid dienone is 8. The molecule has 1 aliphatic rings. The monoisotopic (exact) mass is 272 g/mol. The zero-order valence-electron chi connectivity index (χ0n) is 13.4. The summed E-state index contributed by atoms with van der Waals surface area (Å²) >= 11 is 0. The van der Waals surface area contributed by atoms with Crippen molar-refractivity contribution in [1.82, 2.24) is 0 Å². The zero-order valence-corrected chi connectivity index (χ0v) is 13.4. The van der Waals surface area contributed by atoms with Crippen LogP contribution in [0.15, 0.2) is 47.1 Å². The summed E-state index contributed by atoms with van der Waals surface area (Å²) in [5.41, 5.74) is 4.02. The summed E-state index contributed by atoms with van der Waals surface area (Å²) in [6, 6.07) is 0. The fraction of sp³-hybridized carbons (Fsp3) is 0.526. The quantitative estimate of drug-likeness (QED) is 0.475. The largest absolute Gasteiger partial charge is 0.294 e. The molecular weight excluding hydrogens is 244 g/mol. The molecule has 0 aliphatic heterocycles. The minimum Gasteiger partial charge on any atom is -0.294 e. The van der Waals surface area contributed by atoms with Crippen LogP contribution in [0.2, 0.25) is 0 Å². The van der Waals surface area contributed by atoms with Crippen molar-refractivity contribution >= 4 is 5.78 Å². The Hall–Kier alpha value is -1.37. The fourth-order valence-electron chi connectivity index (χ4n) is 2.60. The first-order valence-electron chi connectivity index (χ1n) is 7.69. The lowest BCUT2D eigenvalue weighted by molar-refractivity contribution is -0.117. The Bertz CT molecular complexity index is 446. The van der Waals surface area contributed by atoms with Gasteiger partial charge in [0.1, 0.15) is 0 Å². The van der Waals surface area contributed by atoms with Gasteiger partial charge in [0, 0.05) is 5.92 Å². The molecule has 1 aliphatic carbocycles. The standard InChI is InChI=1S/C19H28O/c1-5-9-19(20)18-14-16(3)12-8-11-15(2)10-6-7-13-17(18)4/h5,9-10,12-13,18H,6-8,11,14H2,1-4H3/b9-5+,15-10+,16-12+,17-13+/t18-/m1/s1. The molecule has 0 fully saturated rings. The zero-order chi connectivity index (χ0) is 15.0. The molecule has 1 heteroatoms. The topological polar surface area (TPSA) is 17.1 Å². The SMILES string of the molecule is C/C=C/C(=O)[C@@H]1C/C(C)=C/CC/C(C)=C/CC/C=C/1C. The van der Waals surface area contributed by atoms with Crippen LogP contribution in [0.25, 0.3) is 0 Å². The highest BCUT2D eigenvalue weighted by molar-refractivity contribution is 5.93. The second-order valence-corrected chi connectivity index (χ2v) is 5.82. The Morgan fingerprint density at radius 3 is 2.40 bits per heavy atom. The lowest BCUT2D eigenvalue weighted by Gasteiger charge is -2.16. The van der Waals surface area contributed by atoms with Gasteiger partial charge < -0.3 is 0 Å². The predicted octanol–water partition coefficient (Wildman–Crippen LogP) is 5.55. The third kappa shape index (κ3) is 5.73. The van der Waals surface area contributed by atoms with E-state index >= 15 is 0 Å². The number of hydrogen-bond donors (Lipinski definition) is 0. The maximum atomic E-state index is 12.3. The minimum atomic E-state index is 0.0203. The highest BCUT2D eigenvalue weighted by Gasteiger charge is 2.18. The summed E-state index contributed by atoms with van der Waals surface area (Å²) in [5, 5.41) is 0. The van der Waals surface area contributed by atoms with E-state index < -0.39 is 0 Å². The molecule has 0 N–H and O–H groups in total. The normalized spacial score (nSPS) is 30.2. The van der Waals surface area contributed by atoms with Crippen molar-refractivity contribution in [2.45, 2.75) is 59.8 Å². The number of rotatable bonds is 2. The molecule has 1 nitrogen and oxygen atoms in total. The van der Waals surface area contributed by atoms with Crippen LogP contribution < -0.4 is 0 Å². The van der Waals surface area contributed by atoms with Crippen LogP contribution in [0.3, 0.4) is 0 Å². The molecule has 0 aromatic heterocycles. The lowest BCUT2D eigenvalue weighted by atomic mass is 9.87. The molecule has 0 heterocycles. The van der Waals surface area contributed by atoms with Gasteiger partial charge in [-0.25, -0.2) is 0 Å².